The Bertz CT molecular complexity index is 624. The maximum absolute atomic E-state index is 12.6. The third kappa shape index (κ3) is 5.60. The molecule has 2 heterocycles. The lowest BCUT2D eigenvalue weighted by Crippen LogP contribution is -2.44. The number of hydrogen-bond donors (Lipinski definition) is 2. The van der Waals surface area contributed by atoms with Gasteiger partial charge in [0.1, 0.15) is 5.82 Å². The SMILES string of the molecule is CC(C)NC(=O)CNC(=O)C1CCN(c2ccc(C(F)(F)F)cn2)CC1. The highest BCUT2D eigenvalue weighted by Crippen LogP contribution is 2.30. The van der Waals surface area contributed by atoms with Gasteiger partial charge in [0.2, 0.25) is 11.8 Å². The molecule has 0 spiro atoms. The molecule has 1 aromatic rings. The average Bonchev–Trinajstić information content (AvgIpc) is 2.58. The summed E-state index contributed by atoms with van der Waals surface area (Å²) >= 11 is 0. The summed E-state index contributed by atoms with van der Waals surface area (Å²) in [7, 11) is 0. The van der Waals surface area contributed by atoms with Crippen molar-refractivity contribution in [2.75, 3.05) is 24.5 Å². The van der Waals surface area contributed by atoms with Crippen LogP contribution in [0.25, 0.3) is 0 Å². The van der Waals surface area contributed by atoms with Crippen LogP contribution < -0.4 is 15.5 Å². The van der Waals surface area contributed by atoms with E-state index in [4.69, 9.17) is 0 Å². The fraction of sp³-hybridized carbons (Fsp3) is 0.588. The van der Waals surface area contributed by atoms with Gasteiger partial charge in [0.05, 0.1) is 12.1 Å². The highest BCUT2D eigenvalue weighted by molar-refractivity contribution is 5.86. The molecule has 1 fully saturated rings. The molecule has 144 valence electrons. The molecular formula is C17H23F3N4O2. The normalized spacial score (nSPS) is 15.8. The number of rotatable bonds is 5. The molecule has 1 aliphatic heterocycles. The third-order valence-corrected chi connectivity index (χ3v) is 4.14. The van der Waals surface area contributed by atoms with E-state index in [0.29, 0.717) is 31.7 Å². The average molecular weight is 372 g/mol. The minimum absolute atomic E-state index is 0.0128. The van der Waals surface area contributed by atoms with Gasteiger partial charge in [0.15, 0.2) is 0 Å². The van der Waals surface area contributed by atoms with Crippen molar-refractivity contribution in [3.8, 4) is 0 Å². The van der Waals surface area contributed by atoms with E-state index in [-0.39, 0.29) is 30.3 Å². The Kier molecular flexibility index (Phi) is 6.44. The number of amides is 2. The number of pyridine rings is 1. The topological polar surface area (TPSA) is 74.3 Å². The summed E-state index contributed by atoms with van der Waals surface area (Å²) in [6.07, 6.45) is -2.47. The molecule has 6 nitrogen and oxygen atoms in total. The maximum Gasteiger partial charge on any atom is 0.417 e. The summed E-state index contributed by atoms with van der Waals surface area (Å²) < 4.78 is 37.7. The fourth-order valence-corrected chi connectivity index (χ4v) is 2.80. The van der Waals surface area contributed by atoms with Gasteiger partial charge in [-0.05, 0) is 38.8 Å². The van der Waals surface area contributed by atoms with E-state index in [1.165, 1.54) is 6.07 Å². The monoisotopic (exact) mass is 372 g/mol. The lowest BCUT2D eigenvalue weighted by molar-refractivity contribution is -0.137. The van der Waals surface area contributed by atoms with E-state index >= 15 is 0 Å². The van der Waals surface area contributed by atoms with Gasteiger partial charge in [-0.25, -0.2) is 4.98 Å². The van der Waals surface area contributed by atoms with E-state index in [9.17, 15) is 22.8 Å². The summed E-state index contributed by atoms with van der Waals surface area (Å²) in [6.45, 7) is 4.66. The first-order valence-corrected chi connectivity index (χ1v) is 8.52. The van der Waals surface area contributed by atoms with Crippen molar-refractivity contribution in [2.45, 2.75) is 38.9 Å². The molecule has 2 amide bonds. The molecule has 9 heteroatoms. The zero-order valence-electron chi connectivity index (χ0n) is 14.8. The van der Waals surface area contributed by atoms with Crippen LogP contribution in [-0.4, -0.2) is 42.5 Å². The summed E-state index contributed by atoms with van der Waals surface area (Å²) in [5, 5.41) is 5.32. The molecule has 0 unspecified atom stereocenters. The number of anilines is 1. The number of alkyl halides is 3. The van der Waals surface area contributed by atoms with Crippen molar-refractivity contribution in [1.82, 2.24) is 15.6 Å². The molecule has 0 aliphatic carbocycles. The summed E-state index contributed by atoms with van der Waals surface area (Å²) in [4.78, 5) is 29.4. The number of piperidine rings is 1. The quantitative estimate of drug-likeness (QED) is 0.829. The highest BCUT2D eigenvalue weighted by atomic mass is 19.4. The smallest absolute Gasteiger partial charge is 0.357 e. The van der Waals surface area contributed by atoms with Gasteiger partial charge in [0, 0.05) is 31.2 Å². The number of nitrogens with one attached hydrogen (secondary N) is 2. The van der Waals surface area contributed by atoms with Crippen LogP contribution in [-0.2, 0) is 15.8 Å². The highest BCUT2D eigenvalue weighted by Gasteiger charge is 2.31. The first-order chi connectivity index (χ1) is 12.2. The van der Waals surface area contributed by atoms with Crippen molar-refractivity contribution in [3.63, 3.8) is 0 Å². The molecule has 1 aliphatic rings. The number of halogens is 3. The van der Waals surface area contributed by atoms with Crippen LogP contribution >= 0.6 is 0 Å². The van der Waals surface area contributed by atoms with Crippen LogP contribution in [0.3, 0.4) is 0 Å². The molecule has 1 saturated heterocycles. The largest absolute Gasteiger partial charge is 0.417 e. The Morgan fingerprint density at radius 2 is 1.92 bits per heavy atom. The molecule has 0 aromatic carbocycles. The second-order valence-electron chi connectivity index (χ2n) is 6.60. The molecule has 0 atom stereocenters. The van der Waals surface area contributed by atoms with Crippen molar-refractivity contribution in [1.29, 1.82) is 0 Å². The number of carbonyl (C=O) groups excluding carboxylic acids is 2. The predicted octanol–water partition coefficient (Wildman–Crippen LogP) is 1.96. The fourth-order valence-electron chi connectivity index (χ4n) is 2.80. The predicted molar refractivity (Wildman–Crippen MR) is 90.5 cm³/mol. The molecule has 1 aromatic heterocycles. The van der Waals surface area contributed by atoms with Crippen LogP contribution in [0.1, 0.15) is 32.3 Å². The van der Waals surface area contributed by atoms with Crippen molar-refractivity contribution >= 4 is 17.6 Å². The number of hydrogen-bond acceptors (Lipinski definition) is 4. The Morgan fingerprint density at radius 3 is 2.42 bits per heavy atom. The van der Waals surface area contributed by atoms with E-state index in [1.54, 1.807) is 0 Å². The van der Waals surface area contributed by atoms with Crippen molar-refractivity contribution in [3.05, 3.63) is 23.9 Å². The minimum Gasteiger partial charge on any atom is -0.357 e. The molecule has 26 heavy (non-hydrogen) atoms. The Morgan fingerprint density at radius 1 is 1.27 bits per heavy atom. The van der Waals surface area contributed by atoms with Crippen LogP contribution in [0.15, 0.2) is 18.3 Å². The zero-order chi connectivity index (χ0) is 19.3. The second-order valence-corrected chi connectivity index (χ2v) is 6.60. The zero-order valence-corrected chi connectivity index (χ0v) is 14.8. The first kappa shape index (κ1) is 20.0. The summed E-state index contributed by atoms with van der Waals surface area (Å²) in [5.41, 5.74) is -0.782. The summed E-state index contributed by atoms with van der Waals surface area (Å²) in [6, 6.07) is 2.37. The lowest BCUT2D eigenvalue weighted by Gasteiger charge is -2.32. The van der Waals surface area contributed by atoms with Crippen molar-refractivity contribution in [2.24, 2.45) is 5.92 Å². The second kappa shape index (κ2) is 8.37. The van der Waals surface area contributed by atoms with E-state index in [2.05, 4.69) is 15.6 Å². The number of nitrogens with zero attached hydrogens (tertiary/aromatic N) is 2. The van der Waals surface area contributed by atoms with Gasteiger partial charge < -0.3 is 15.5 Å². The standard InChI is InChI=1S/C17H23F3N4O2/c1-11(2)23-15(25)10-22-16(26)12-5-7-24(8-6-12)14-4-3-13(9-21-14)17(18,19)20/h3-4,9,11-12H,5-8,10H2,1-2H3,(H,22,26)(H,23,25). The van der Waals surface area contributed by atoms with Gasteiger partial charge in [0.25, 0.3) is 0 Å². The summed E-state index contributed by atoms with van der Waals surface area (Å²) in [5.74, 6) is -0.163. The minimum atomic E-state index is -4.40. The maximum atomic E-state index is 12.6. The Labute approximate surface area is 150 Å². The van der Waals surface area contributed by atoms with Gasteiger partial charge in [-0.2, -0.15) is 13.2 Å². The molecular weight excluding hydrogens is 349 g/mol. The van der Waals surface area contributed by atoms with Gasteiger partial charge >= 0.3 is 6.18 Å². The Hall–Kier alpha value is -2.32. The van der Waals surface area contributed by atoms with E-state index in [1.807, 2.05) is 18.7 Å². The molecule has 0 bridgehead atoms. The number of aromatic nitrogens is 1. The van der Waals surface area contributed by atoms with Gasteiger partial charge in [-0.15, -0.1) is 0 Å². The molecule has 0 radical (unpaired) electrons. The molecule has 2 N–H and O–H groups in total. The number of carbonyl (C=O) groups is 2. The van der Waals surface area contributed by atoms with Crippen LogP contribution in [0, 0.1) is 5.92 Å². The van der Waals surface area contributed by atoms with Crippen LogP contribution in [0.4, 0.5) is 19.0 Å². The first-order valence-electron chi connectivity index (χ1n) is 8.52. The lowest BCUT2D eigenvalue weighted by atomic mass is 9.96. The van der Waals surface area contributed by atoms with Crippen LogP contribution in [0.2, 0.25) is 0 Å². The van der Waals surface area contributed by atoms with Crippen LogP contribution in [0.5, 0.6) is 0 Å². The van der Waals surface area contributed by atoms with E-state index in [0.717, 1.165) is 12.3 Å². The third-order valence-electron chi connectivity index (χ3n) is 4.14. The molecule has 2 rings (SSSR count). The van der Waals surface area contributed by atoms with Gasteiger partial charge in [-0.3, -0.25) is 9.59 Å². The van der Waals surface area contributed by atoms with E-state index < -0.39 is 11.7 Å². The molecule has 0 saturated carbocycles. The van der Waals surface area contributed by atoms with Gasteiger partial charge in [-0.1, -0.05) is 0 Å². The van der Waals surface area contributed by atoms with Crippen molar-refractivity contribution < 1.29 is 22.8 Å². The Balaban J connectivity index is 1.81.